The Kier molecular flexibility index (Phi) is 5.48. The monoisotopic (exact) mass is 395 g/mol. The van der Waals surface area contributed by atoms with Gasteiger partial charge in [0.25, 0.3) is 0 Å². The lowest BCUT2D eigenvalue weighted by Crippen LogP contribution is -2.49. The number of carbonyl (C=O) groups excluding carboxylic acids is 1. The number of hydrogen-bond acceptors (Lipinski definition) is 5. The van der Waals surface area contributed by atoms with Gasteiger partial charge in [-0.15, -0.1) is 0 Å². The van der Waals surface area contributed by atoms with Crippen molar-refractivity contribution in [2.75, 3.05) is 37.7 Å². The topological polar surface area (TPSA) is 45.7 Å². The van der Waals surface area contributed by atoms with Gasteiger partial charge in [-0.2, -0.15) is 0 Å². The lowest BCUT2D eigenvalue weighted by molar-refractivity contribution is -0.130. The van der Waals surface area contributed by atoms with Crippen molar-refractivity contribution < 1.29 is 9.53 Å². The van der Waals surface area contributed by atoms with E-state index in [-0.39, 0.29) is 5.91 Å². The molecule has 0 unspecified atom stereocenters. The van der Waals surface area contributed by atoms with Crippen LogP contribution in [0.1, 0.15) is 18.1 Å². The Morgan fingerprint density at radius 1 is 1.14 bits per heavy atom. The van der Waals surface area contributed by atoms with E-state index >= 15 is 0 Å². The molecule has 1 aliphatic rings. The Balaban J connectivity index is 1.38. The van der Waals surface area contributed by atoms with Crippen molar-refractivity contribution >= 4 is 32.6 Å². The quantitative estimate of drug-likeness (QED) is 0.657. The third kappa shape index (κ3) is 4.12. The molecule has 1 amide bonds. The van der Waals surface area contributed by atoms with E-state index in [1.54, 1.807) is 11.3 Å². The maximum atomic E-state index is 12.6. The number of piperazine rings is 1. The average molecular weight is 396 g/mol. The highest BCUT2D eigenvalue weighted by atomic mass is 32.1. The van der Waals surface area contributed by atoms with E-state index < -0.39 is 0 Å². The van der Waals surface area contributed by atoms with E-state index in [1.165, 1.54) is 5.56 Å². The molecule has 1 aromatic heterocycles. The predicted octanol–water partition coefficient (Wildman–Crippen LogP) is 3.89. The minimum Gasteiger partial charge on any atom is -0.494 e. The molecular weight excluding hydrogens is 370 g/mol. The number of benzene rings is 2. The first-order valence-corrected chi connectivity index (χ1v) is 10.6. The van der Waals surface area contributed by atoms with E-state index in [0.717, 1.165) is 52.8 Å². The van der Waals surface area contributed by atoms with Crippen molar-refractivity contribution in [3.8, 4) is 5.75 Å². The Bertz CT molecular complexity index is 977. The van der Waals surface area contributed by atoms with Crippen LogP contribution in [0.4, 0.5) is 5.13 Å². The van der Waals surface area contributed by atoms with Crippen LogP contribution in [-0.2, 0) is 11.2 Å². The van der Waals surface area contributed by atoms with Crippen LogP contribution in [0.3, 0.4) is 0 Å². The number of anilines is 1. The fourth-order valence-corrected chi connectivity index (χ4v) is 4.59. The van der Waals surface area contributed by atoms with Crippen molar-refractivity contribution in [3.05, 3.63) is 53.6 Å². The van der Waals surface area contributed by atoms with Crippen LogP contribution < -0.4 is 9.64 Å². The van der Waals surface area contributed by atoms with Gasteiger partial charge < -0.3 is 14.5 Å². The zero-order valence-electron chi connectivity index (χ0n) is 16.4. The van der Waals surface area contributed by atoms with Gasteiger partial charge in [0.2, 0.25) is 5.91 Å². The predicted molar refractivity (Wildman–Crippen MR) is 114 cm³/mol. The highest BCUT2D eigenvalue weighted by Crippen LogP contribution is 2.32. The number of hydrogen-bond donors (Lipinski definition) is 0. The van der Waals surface area contributed by atoms with Gasteiger partial charge >= 0.3 is 0 Å². The van der Waals surface area contributed by atoms with Crippen molar-refractivity contribution in [1.29, 1.82) is 0 Å². The molecule has 1 saturated heterocycles. The van der Waals surface area contributed by atoms with Gasteiger partial charge in [0.1, 0.15) is 5.75 Å². The average Bonchev–Trinajstić information content (AvgIpc) is 3.12. The molecule has 0 saturated carbocycles. The molecular formula is C22H25N3O2S. The number of amides is 1. The van der Waals surface area contributed by atoms with E-state index in [9.17, 15) is 4.79 Å². The molecule has 6 heteroatoms. The fraction of sp³-hybridized carbons (Fsp3) is 0.364. The molecule has 1 aliphatic heterocycles. The maximum Gasteiger partial charge on any atom is 0.227 e. The van der Waals surface area contributed by atoms with E-state index in [1.807, 2.05) is 36.1 Å². The SMILES string of the molecule is CCOc1ccc2nc(N3CCN(C(=O)Cc4cccc(C)c4)CC3)sc2c1. The van der Waals surface area contributed by atoms with Crippen molar-refractivity contribution in [2.24, 2.45) is 0 Å². The summed E-state index contributed by atoms with van der Waals surface area (Å²) in [5.41, 5.74) is 3.28. The summed E-state index contributed by atoms with van der Waals surface area (Å²) in [6, 6.07) is 14.2. The molecule has 28 heavy (non-hydrogen) atoms. The van der Waals surface area contributed by atoms with Gasteiger partial charge in [0.05, 0.1) is 23.2 Å². The van der Waals surface area contributed by atoms with Crippen LogP contribution in [0.2, 0.25) is 0 Å². The molecule has 0 spiro atoms. The van der Waals surface area contributed by atoms with Crippen LogP contribution in [0.15, 0.2) is 42.5 Å². The van der Waals surface area contributed by atoms with Crippen LogP contribution in [-0.4, -0.2) is 48.6 Å². The Morgan fingerprint density at radius 3 is 2.71 bits per heavy atom. The van der Waals surface area contributed by atoms with Gasteiger partial charge in [0.15, 0.2) is 5.13 Å². The summed E-state index contributed by atoms with van der Waals surface area (Å²) < 4.78 is 6.72. The molecule has 146 valence electrons. The van der Waals surface area contributed by atoms with E-state index in [0.29, 0.717) is 13.0 Å². The van der Waals surface area contributed by atoms with Gasteiger partial charge in [-0.3, -0.25) is 4.79 Å². The van der Waals surface area contributed by atoms with Gasteiger partial charge in [0, 0.05) is 26.2 Å². The molecule has 2 heterocycles. The molecule has 4 rings (SSSR count). The van der Waals surface area contributed by atoms with E-state index in [4.69, 9.17) is 9.72 Å². The van der Waals surface area contributed by atoms with Crippen molar-refractivity contribution in [3.63, 3.8) is 0 Å². The number of rotatable bonds is 5. The summed E-state index contributed by atoms with van der Waals surface area (Å²) in [4.78, 5) is 21.7. The third-order valence-corrected chi connectivity index (χ3v) is 6.08. The summed E-state index contributed by atoms with van der Waals surface area (Å²) in [5, 5.41) is 1.02. The van der Waals surface area contributed by atoms with Gasteiger partial charge in [-0.1, -0.05) is 41.2 Å². The number of thiazole rings is 1. The molecule has 5 nitrogen and oxygen atoms in total. The maximum absolute atomic E-state index is 12.6. The Hall–Kier alpha value is -2.60. The highest BCUT2D eigenvalue weighted by molar-refractivity contribution is 7.22. The number of ether oxygens (including phenoxy) is 1. The lowest BCUT2D eigenvalue weighted by Gasteiger charge is -2.34. The number of fused-ring (bicyclic) bond motifs is 1. The van der Waals surface area contributed by atoms with E-state index in [2.05, 4.69) is 30.0 Å². The minimum absolute atomic E-state index is 0.205. The highest BCUT2D eigenvalue weighted by Gasteiger charge is 2.23. The van der Waals surface area contributed by atoms with Crippen LogP contribution in [0.25, 0.3) is 10.2 Å². The fourth-order valence-electron chi connectivity index (χ4n) is 3.54. The Labute approximate surface area is 169 Å². The smallest absolute Gasteiger partial charge is 0.227 e. The first-order chi connectivity index (χ1) is 13.6. The summed E-state index contributed by atoms with van der Waals surface area (Å²) >= 11 is 1.69. The van der Waals surface area contributed by atoms with Crippen molar-refractivity contribution in [2.45, 2.75) is 20.3 Å². The molecule has 3 aromatic rings. The molecule has 0 N–H and O–H groups in total. The zero-order chi connectivity index (χ0) is 19.5. The molecule has 0 atom stereocenters. The lowest BCUT2D eigenvalue weighted by atomic mass is 10.1. The van der Waals surface area contributed by atoms with Crippen LogP contribution in [0.5, 0.6) is 5.75 Å². The van der Waals surface area contributed by atoms with Crippen molar-refractivity contribution in [1.82, 2.24) is 9.88 Å². The summed E-state index contributed by atoms with van der Waals surface area (Å²) in [5.74, 6) is 1.09. The molecule has 0 aliphatic carbocycles. The third-order valence-electron chi connectivity index (χ3n) is 5.00. The van der Waals surface area contributed by atoms with Crippen LogP contribution >= 0.6 is 11.3 Å². The molecule has 1 fully saturated rings. The summed E-state index contributed by atoms with van der Waals surface area (Å²) in [6.07, 6.45) is 0.475. The number of carbonyl (C=O) groups is 1. The second-order valence-corrected chi connectivity index (χ2v) is 8.10. The largest absolute Gasteiger partial charge is 0.494 e. The minimum atomic E-state index is 0.205. The zero-order valence-corrected chi connectivity index (χ0v) is 17.2. The van der Waals surface area contributed by atoms with Crippen LogP contribution in [0, 0.1) is 6.92 Å². The second-order valence-electron chi connectivity index (χ2n) is 7.09. The molecule has 0 radical (unpaired) electrons. The summed E-state index contributed by atoms with van der Waals surface area (Å²) in [7, 11) is 0. The van der Waals surface area contributed by atoms with Gasteiger partial charge in [-0.05, 0) is 37.6 Å². The first kappa shape index (κ1) is 18.7. The first-order valence-electron chi connectivity index (χ1n) is 9.74. The Morgan fingerprint density at radius 2 is 1.96 bits per heavy atom. The number of aromatic nitrogens is 1. The summed E-state index contributed by atoms with van der Waals surface area (Å²) in [6.45, 7) is 7.82. The number of nitrogens with zero attached hydrogens (tertiary/aromatic N) is 3. The molecule has 2 aromatic carbocycles. The molecule has 0 bridgehead atoms. The van der Waals surface area contributed by atoms with Gasteiger partial charge in [-0.25, -0.2) is 4.98 Å². The normalized spacial score (nSPS) is 14.5. The second kappa shape index (κ2) is 8.19. The number of aryl methyl sites for hydroxylation is 1. The standard InChI is InChI=1S/C22H25N3O2S/c1-3-27-18-7-8-19-20(15-18)28-22(23-19)25-11-9-24(10-12-25)21(26)14-17-6-4-5-16(2)13-17/h4-8,13,15H,3,9-12,14H2,1-2H3.